The quantitative estimate of drug-likeness (QED) is 0.703. The largest absolute Gasteiger partial charge is 0.339 e. The van der Waals surface area contributed by atoms with Gasteiger partial charge in [-0.1, -0.05) is 36.4 Å². The zero-order valence-corrected chi connectivity index (χ0v) is 18.4. The van der Waals surface area contributed by atoms with E-state index in [1.807, 2.05) is 30.1 Å². The van der Waals surface area contributed by atoms with Gasteiger partial charge in [0.1, 0.15) is 0 Å². The van der Waals surface area contributed by atoms with E-state index in [9.17, 15) is 13.2 Å². The van der Waals surface area contributed by atoms with Crippen LogP contribution in [0.5, 0.6) is 0 Å². The molecule has 0 N–H and O–H groups in total. The van der Waals surface area contributed by atoms with Crippen molar-refractivity contribution >= 4 is 15.9 Å². The van der Waals surface area contributed by atoms with Crippen molar-refractivity contribution in [3.8, 4) is 0 Å². The summed E-state index contributed by atoms with van der Waals surface area (Å²) < 4.78 is 26.8. The van der Waals surface area contributed by atoms with Gasteiger partial charge in [0.2, 0.25) is 15.9 Å². The van der Waals surface area contributed by atoms with E-state index in [0.717, 1.165) is 37.7 Å². The van der Waals surface area contributed by atoms with E-state index < -0.39 is 10.0 Å². The molecule has 0 bridgehead atoms. The molecule has 0 aromatic heterocycles. The number of hydrogen-bond donors (Lipinski definition) is 0. The third-order valence-electron chi connectivity index (χ3n) is 6.45. The van der Waals surface area contributed by atoms with E-state index >= 15 is 0 Å². The fourth-order valence-electron chi connectivity index (χ4n) is 4.64. The van der Waals surface area contributed by atoms with Gasteiger partial charge in [0.05, 0.1) is 10.9 Å². The van der Waals surface area contributed by atoms with Crippen molar-refractivity contribution in [1.29, 1.82) is 0 Å². The fourth-order valence-corrected chi connectivity index (χ4v) is 6.15. The van der Waals surface area contributed by atoms with Crippen LogP contribution in [0.1, 0.15) is 54.8 Å². The van der Waals surface area contributed by atoms with Crippen LogP contribution < -0.4 is 0 Å². The smallest absolute Gasteiger partial charge is 0.243 e. The summed E-state index contributed by atoms with van der Waals surface area (Å²) in [5, 5.41) is 0. The highest BCUT2D eigenvalue weighted by Gasteiger charge is 2.28. The van der Waals surface area contributed by atoms with Crippen LogP contribution in [0, 0.1) is 0 Å². The Balaban J connectivity index is 1.37. The molecule has 1 heterocycles. The third-order valence-corrected chi connectivity index (χ3v) is 8.37. The van der Waals surface area contributed by atoms with Gasteiger partial charge < -0.3 is 4.90 Å². The maximum absolute atomic E-state index is 12.8. The van der Waals surface area contributed by atoms with E-state index in [4.69, 9.17) is 0 Å². The van der Waals surface area contributed by atoms with E-state index in [1.54, 1.807) is 16.4 Å². The third kappa shape index (κ3) is 4.30. The summed E-state index contributed by atoms with van der Waals surface area (Å²) in [6.45, 7) is 1.21. The van der Waals surface area contributed by atoms with Gasteiger partial charge in [-0.15, -0.1) is 0 Å². The van der Waals surface area contributed by atoms with E-state index in [1.165, 1.54) is 11.1 Å². The molecule has 0 spiro atoms. The molecule has 1 fully saturated rings. The Morgan fingerprint density at radius 1 is 1.03 bits per heavy atom. The van der Waals surface area contributed by atoms with Crippen LogP contribution in [-0.2, 0) is 27.7 Å². The molecular formula is C24H30N2O3S. The van der Waals surface area contributed by atoms with Crippen LogP contribution in [-0.4, -0.2) is 43.7 Å². The molecule has 2 aromatic rings. The van der Waals surface area contributed by atoms with Gasteiger partial charge in [-0.2, -0.15) is 4.31 Å². The van der Waals surface area contributed by atoms with Crippen LogP contribution >= 0.6 is 0 Å². The van der Waals surface area contributed by atoms with E-state index in [2.05, 4.69) is 18.2 Å². The monoisotopic (exact) mass is 426 g/mol. The number of benzene rings is 2. The normalized spacial score (nSPS) is 19.4. The summed E-state index contributed by atoms with van der Waals surface area (Å²) in [7, 11) is -1.48. The second-order valence-electron chi connectivity index (χ2n) is 8.37. The van der Waals surface area contributed by atoms with Gasteiger partial charge in [0.25, 0.3) is 0 Å². The van der Waals surface area contributed by atoms with Gasteiger partial charge in [0, 0.05) is 26.6 Å². The van der Waals surface area contributed by atoms with E-state index in [0.29, 0.717) is 30.8 Å². The minimum atomic E-state index is -3.38. The first-order valence-corrected chi connectivity index (χ1v) is 12.3. The second kappa shape index (κ2) is 8.90. The Morgan fingerprint density at radius 2 is 1.73 bits per heavy atom. The fraction of sp³-hybridized carbons (Fsp3) is 0.458. The molecule has 2 aliphatic rings. The van der Waals surface area contributed by atoms with Crippen molar-refractivity contribution < 1.29 is 13.2 Å². The zero-order chi connectivity index (χ0) is 21.1. The Bertz CT molecular complexity index is 995. The number of hydrogen-bond acceptors (Lipinski definition) is 3. The molecule has 1 aliphatic heterocycles. The summed E-state index contributed by atoms with van der Waals surface area (Å²) in [6, 6.07) is 15.6. The number of rotatable bonds is 6. The topological polar surface area (TPSA) is 57.7 Å². The number of sulfonamides is 1. The molecule has 1 saturated heterocycles. The molecule has 4 rings (SSSR count). The molecule has 0 radical (unpaired) electrons. The zero-order valence-electron chi connectivity index (χ0n) is 17.6. The predicted octanol–water partition coefficient (Wildman–Crippen LogP) is 3.94. The summed E-state index contributed by atoms with van der Waals surface area (Å²) in [4.78, 5) is 15.1. The summed E-state index contributed by atoms with van der Waals surface area (Å²) >= 11 is 0. The molecule has 5 nitrogen and oxygen atoms in total. The molecule has 0 unspecified atom stereocenters. The lowest BCUT2D eigenvalue weighted by molar-refractivity contribution is -0.132. The molecule has 1 aliphatic carbocycles. The number of carbonyl (C=O) groups excluding carboxylic acids is 1. The molecular weight excluding hydrogens is 396 g/mol. The molecule has 1 amide bonds. The van der Waals surface area contributed by atoms with Gasteiger partial charge in [0.15, 0.2) is 0 Å². The van der Waals surface area contributed by atoms with Gasteiger partial charge >= 0.3 is 0 Å². The average molecular weight is 427 g/mol. The highest BCUT2D eigenvalue weighted by Crippen LogP contribution is 2.33. The van der Waals surface area contributed by atoms with Crippen molar-refractivity contribution in [3.05, 3.63) is 65.2 Å². The van der Waals surface area contributed by atoms with E-state index in [-0.39, 0.29) is 11.9 Å². The van der Waals surface area contributed by atoms with Crippen LogP contribution in [0.15, 0.2) is 53.4 Å². The Kier molecular flexibility index (Phi) is 6.25. The average Bonchev–Trinajstić information content (AvgIpc) is 3.33. The molecule has 0 saturated carbocycles. The minimum Gasteiger partial charge on any atom is -0.339 e. The van der Waals surface area contributed by atoms with Crippen molar-refractivity contribution in [2.45, 2.75) is 55.9 Å². The first-order valence-electron chi connectivity index (χ1n) is 10.9. The Hall–Kier alpha value is -2.18. The lowest BCUT2D eigenvalue weighted by Gasteiger charge is -2.33. The first kappa shape index (κ1) is 21.1. The number of amides is 1. The summed E-state index contributed by atoms with van der Waals surface area (Å²) in [5.41, 5.74) is 3.61. The van der Waals surface area contributed by atoms with Crippen molar-refractivity contribution in [3.63, 3.8) is 0 Å². The molecule has 160 valence electrons. The number of aryl methyl sites for hydroxylation is 2. The van der Waals surface area contributed by atoms with Crippen molar-refractivity contribution in [2.24, 2.45) is 0 Å². The lowest BCUT2D eigenvalue weighted by atomic mass is 9.87. The predicted molar refractivity (Wildman–Crippen MR) is 118 cm³/mol. The molecule has 6 heteroatoms. The minimum absolute atomic E-state index is 0.130. The number of fused-ring (bicyclic) bond motifs is 1. The first-order chi connectivity index (χ1) is 14.5. The molecule has 30 heavy (non-hydrogen) atoms. The second-order valence-corrected chi connectivity index (χ2v) is 10.3. The number of carbonyl (C=O) groups is 1. The highest BCUT2D eigenvalue weighted by atomic mass is 32.2. The van der Waals surface area contributed by atoms with Gasteiger partial charge in [-0.25, -0.2) is 8.42 Å². The van der Waals surface area contributed by atoms with Crippen molar-refractivity contribution in [1.82, 2.24) is 9.21 Å². The van der Waals surface area contributed by atoms with Gasteiger partial charge in [-0.05, 0) is 67.3 Å². The number of nitrogens with zero attached hydrogens (tertiary/aromatic N) is 2. The Morgan fingerprint density at radius 3 is 2.47 bits per heavy atom. The Labute approximate surface area is 179 Å². The standard InChI is InChI=1S/C24H30N2O3S/c1-25(23-10-6-8-20-7-2-3-9-22(20)23)24(27)16-13-19-11-14-21(15-12-19)30(28,29)26-17-4-5-18-26/h2-3,7,9,11-12,14-15,23H,4-6,8,10,13,16-18H2,1H3/t23-/m0/s1. The lowest BCUT2D eigenvalue weighted by Crippen LogP contribution is -2.33. The highest BCUT2D eigenvalue weighted by molar-refractivity contribution is 7.89. The maximum atomic E-state index is 12.8. The van der Waals surface area contributed by atoms with Crippen LogP contribution in [0.2, 0.25) is 0 Å². The van der Waals surface area contributed by atoms with Crippen LogP contribution in [0.3, 0.4) is 0 Å². The summed E-state index contributed by atoms with van der Waals surface area (Å²) in [6.07, 6.45) is 6.09. The summed E-state index contributed by atoms with van der Waals surface area (Å²) in [5.74, 6) is 0.130. The molecule has 2 aromatic carbocycles. The van der Waals surface area contributed by atoms with Crippen LogP contribution in [0.4, 0.5) is 0 Å². The maximum Gasteiger partial charge on any atom is 0.243 e. The van der Waals surface area contributed by atoms with Gasteiger partial charge in [-0.3, -0.25) is 4.79 Å². The van der Waals surface area contributed by atoms with Crippen LogP contribution in [0.25, 0.3) is 0 Å². The van der Waals surface area contributed by atoms with Crippen molar-refractivity contribution in [2.75, 3.05) is 20.1 Å². The molecule has 1 atom stereocenters. The SMILES string of the molecule is CN(C(=O)CCc1ccc(S(=O)(=O)N2CCCC2)cc1)[C@H]1CCCc2ccccc21.